The van der Waals surface area contributed by atoms with Crippen LogP contribution in [0.25, 0.3) is 0 Å². The quantitative estimate of drug-likeness (QED) is 0.828. The molecule has 0 saturated carbocycles. The minimum atomic E-state index is -0.594. The third kappa shape index (κ3) is 3.25. The van der Waals surface area contributed by atoms with Crippen LogP contribution in [-0.2, 0) is 0 Å². The van der Waals surface area contributed by atoms with Crippen molar-refractivity contribution < 1.29 is 4.79 Å². The molecular weight excluding hydrogens is 238 g/mol. The van der Waals surface area contributed by atoms with Crippen LogP contribution >= 0.6 is 0 Å². The lowest BCUT2D eigenvalue weighted by atomic mass is 10.2. The van der Waals surface area contributed by atoms with Gasteiger partial charge in [0, 0.05) is 0 Å². The molecule has 0 aliphatic carbocycles. The average Bonchev–Trinajstić information content (AvgIpc) is 2.35. The number of nitrogens with zero attached hydrogens (tertiary/aromatic N) is 1. The highest BCUT2D eigenvalue weighted by molar-refractivity contribution is 5.77. The second-order valence-electron chi connectivity index (χ2n) is 4.49. The first-order chi connectivity index (χ1) is 9.06. The summed E-state index contributed by atoms with van der Waals surface area (Å²) in [4.78, 5) is 11.2. The highest BCUT2D eigenvalue weighted by atomic mass is 16.2. The zero-order valence-corrected chi connectivity index (χ0v) is 11.1. The minimum absolute atomic E-state index is 0.594. The molecule has 0 aliphatic heterocycles. The molecule has 2 aromatic carbocycles. The second kappa shape index (κ2) is 5.44. The molecule has 19 heavy (non-hydrogen) atoms. The van der Waals surface area contributed by atoms with Crippen LogP contribution in [0.15, 0.2) is 48.5 Å². The SMILES string of the molecule is Cc1cccc(N(NC(N)=O)c2cccc(C)c2)c1. The van der Waals surface area contributed by atoms with Gasteiger partial charge in [0.05, 0.1) is 11.4 Å². The second-order valence-corrected chi connectivity index (χ2v) is 4.49. The molecule has 0 aromatic heterocycles. The molecule has 2 amide bonds. The lowest BCUT2D eigenvalue weighted by molar-refractivity contribution is 0.249. The summed E-state index contributed by atoms with van der Waals surface area (Å²) in [5.41, 5.74) is 11.8. The molecular formula is C15H17N3O. The first kappa shape index (κ1) is 13.0. The van der Waals surface area contributed by atoms with Crippen molar-refractivity contribution in [2.45, 2.75) is 13.8 Å². The Morgan fingerprint density at radius 2 is 1.47 bits per heavy atom. The van der Waals surface area contributed by atoms with Crippen LogP contribution in [0.4, 0.5) is 16.2 Å². The van der Waals surface area contributed by atoms with Crippen molar-refractivity contribution in [1.82, 2.24) is 5.43 Å². The first-order valence-electron chi connectivity index (χ1n) is 6.06. The Balaban J connectivity index is 2.44. The van der Waals surface area contributed by atoms with E-state index in [2.05, 4.69) is 5.43 Å². The largest absolute Gasteiger partial charge is 0.350 e. The maximum Gasteiger partial charge on any atom is 0.331 e. The molecule has 0 atom stereocenters. The van der Waals surface area contributed by atoms with E-state index < -0.39 is 6.03 Å². The van der Waals surface area contributed by atoms with E-state index in [-0.39, 0.29) is 0 Å². The maximum atomic E-state index is 11.2. The molecule has 0 bridgehead atoms. The van der Waals surface area contributed by atoms with E-state index >= 15 is 0 Å². The van der Waals surface area contributed by atoms with Gasteiger partial charge in [-0.15, -0.1) is 0 Å². The summed E-state index contributed by atoms with van der Waals surface area (Å²) in [7, 11) is 0. The molecule has 0 heterocycles. The smallest absolute Gasteiger partial charge is 0.331 e. The van der Waals surface area contributed by atoms with Crippen LogP contribution in [0.1, 0.15) is 11.1 Å². The molecule has 0 aliphatic rings. The molecule has 0 saturated heterocycles. The number of anilines is 2. The number of hydrazine groups is 1. The standard InChI is InChI=1S/C15H17N3O/c1-11-5-3-7-13(9-11)18(17-15(16)19)14-8-4-6-12(2)10-14/h3-10H,1-2H3,(H3,16,17,19). The number of primary amides is 1. The van der Waals surface area contributed by atoms with Gasteiger partial charge in [0.2, 0.25) is 0 Å². The predicted molar refractivity (Wildman–Crippen MR) is 77.2 cm³/mol. The normalized spacial score (nSPS) is 10.0. The number of aryl methyl sites for hydroxylation is 2. The lowest BCUT2D eigenvalue weighted by Gasteiger charge is -2.25. The molecule has 98 valence electrons. The van der Waals surface area contributed by atoms with Gasteiger partial charge in [0.1, 0.15) is 0 Å². The number of benzene rings is 2. The van der Waals surface area contributed by atoms with Crippen LogP contribution in [-0.4, -0.2) is 6.03 Å². The van der Waals surface area contributed by atoms with Gasteiger partial charge in [0.15, 0.2) is 0 Å². The Kier molecular flexibility index (Phi) is 3.71. The summed E-state index contributed by atoms with van der Waals surface area (Å²) in [6, 6.07) is 15.1. The number of nitrogens with one attached hydrogen (secondary N) is 1. The van der Waals surface area contributed by atoms with Gasteiger partial charge in [-0.3, -0.25) is 5.01 Å². The van der Waals surface area contributed by atoms with Crippen LogP contribution in [0, 0.1) is 13.8 Å². The van der Waals surface area contributed by atoms with Gasteiger partial charge < -0.3 is 5.73 Å². The summed E-state index contributed by atoms with van der Waals surface area (Å²) in [6.07, 6.45) is 0. The van der Waals surface area contributed by atoms with Crippen LogP contribution in [0.2, 0.25) is 0 Å². The number of nitrogens with two attached hydrogens (primary N) is 1. The molecule has 0 unspecified atom stereocenters. The van der Waals surface area contributed by atoms with Gasteiger partial charge in [-0.25, -0.2) is 10.2 Å². The minimum Gasteiger partial charge on any atom is -0.350 e. The van der Waals surface area contributed by atoms with Gasteiger partial charge in [-0.1, -0.05) is 24.3 Å². The van der Waals surface area contributed by atoms with Gasteiger partial charge in [-0.05, 0) is 49.2 Å². The topological polar surface area (TPSA) is 58.4 Å². The number of hydrogen-bond donors (Lipinski definition) is 2. The fourth-order valence-electron chi connectivity index (χ4n) is 1.92. The Morgan fingerprint density at radius 1 is 1.00 bits per heavy atom. The summed E-state index contributed by atoms with van der Waals surface area (Å²) in [5, 5.41) is 1.68. The third-order valence-electron chi connectivity index (χ3n) is 2.74. The molecule has 0 spiro atoms. The maximum absolute atomic E-state index is 11.2. The van der Waals surface area contributed by atoms with E-state index in [0.717, 1.165) is 22.5 Å². The van der Waals surface area contributed by atoms with E-state index in [1.54, 1.807) is 5.01 Å². The highest BCUT2D eigenvalue weighted by Crippen LogP contribution is 2.24. The molecule has 4 heteroatoms. The van der Waals surface area contributed by atoms with E-state index in [1.165, 1.54) is 0 Å². The van der Waals surface area contributed by atoms with Gasteiger partial charge in [-0.2, -0.15) is 0 Å². The Labute approximate surface area is 112 Å². The number of urea groups is 1. The van der Waals surface area contributed by atoms with Crippen molar-refractivity contribution in [3.63, 3.8) is 0 Å². The fourth-order valence-corrected chi connectivity index (χ4v) is 1.92. The number of rotatable bonds is 3. The van der Waals surface area contributed by atoms with Crippen molar-refractivity contribution in [2.24, 2.45) is 5.73 Å². The molecule has 0 fully saturated rings. The van der Waals surface area contributed by atoms with Gasteiger partial charge >= 0.3 is 6.03 Å². The van der Waals surface area contributed by atoms with Gasteiger partial charge in [0.25, 0.3) is 0 Å². The Hall–Kier alpha value is -2.49. The summed E-state index contributed by atoms with van der Waals surface area (Å²) < 4.78 is 0. The van der Waals surface area contributed by atoms with E-state index in [0.29, 0.717) is 0 Å². The van der Waals surface area contributed by atoms with Crippen LogP contribution in [0.3, 0.4) is 0 Å². The number of carbonyl (C=O) groups excluding carboxylic acids is 1. The highest BCUT2D eigenvalue weighted by Gasteiger charge is 2.11. The zero-order chi connectivity index (χ0) is 13.8. The zero-order valence-electron chi connectivity index (χ0n) is 11.1. The lowest BCUT2D eigenvalue weighted by Crippen LogP contribution is -2.42. The van der Waals surface area contributed by atoms with E-state index in [4.69, 9.17) is 5.73 Å². The van der Waals surface area contributed by atoms with Crippen molar-refractivity contribution in [3.8, 4) is 0 Å². The molecule has 4 nitrogen and oxygen atoms in total. The Bertz CT molecular complexity index is 550. The summed E-state index contributed by atoms with van der Waals surface area (Å²) >= 11 is 0. The average molecular weight is 255 g/mol. The number of hydrogen-bond acceptors (Lipinski definition) is 2. The third-order valence-corrected chi connectivity index (χ3v) is 2.74. The summed E-state index contributed by atoms with van der Waals surface area (Å²) in [5.74, 6) is 0. The monoisotopic (exact) mass is 255 g/mol. The molecule has 0 radical (unpaired) electrons. The van der Waals surface area contributed by atoms with Crippen LogP contribution < -0.4 is 16.2 Å². The van der Waals surface area contributed by atoms with E-state index in [1.807, 2.05) is 62.4 Å². The van der Waals surface area contributed by atoms with Crippen molar-refractivity contribution in [3.05, 3.63) is 59.7 Å². The predicted octanol–water partition coefficient (Wildman–Crippen LogP) is 3.02. The Morgan fingerprint density at radius 3 is 1.84 bits per heavy atom. The molecule has 3 N–H and O–H groups in total. The van der Waals surface area contributed by atoms with Crippen molar-refractivity contribution >= 4 is 17.4 Å². The molecule has 2 aromatic rings. The fraction of sp³-hybridized carbons (Fsp3) is 0.133. The number of carbonyl (C=O) groups is 1. The van der Waals surface area contributed by atoms with Crippen LogP contribution in [0.5, 0.6) is 0 Å². The van der Waals surface area contributed by atoms with Crippen molar-refractivity contribution in [2.75, 3.05) is 5.01 Å². The summed E-state index contributed by atoms with van der Waals surface area (Å²) in [6.45, 7) is 4.00. The first-order valence-corrected chi connectivity index (χ1v) is 6.06. The molecule has 2 rings (SSSR count). The number of amides is 2. The van der Waals surface area contributed by atoms with E-state index in [9.17, 15) is 4.79 Å². The van der Waals surface area contributed by atoms with Crippen molar-refractivity contribution in [1.29, 1.82) is 0 Å².